The second-order valence-electron chi connectivity index (χ2n) is 2.68. The summed E-state index contributed by atoms with van der Waals surface area (Å²) in [6.45, 7) is 9.47. The third-order valence-corrected chi connectivity index (χ3v) is 0.969. The first-order valence-electron chi connectivity index (χ1n) is 3.73. The van der Waals surface area contributed by atoms with Crippen LogP contribution in [0.5, 0.6) is 0 Å². The summed E-state index contributed by atoms with van der Waals surface area (Å²) in [6.07, 6.45) is 2.82. The summed E-state index contributed by atoms with van der Waals surface area (Å²) in [6, 6.07) is 0. The molecular formula is C8H17NO. The number of hydroxylamine groups is 1. The molecule has 0 unspecified atom stereocenters. The maximum Gasteiger partial charge on any atom is 0.0705 e. The van der Waals surface area contributed by atoms with E-state index in [9.17, 15) is 0 Å². The van der Waals surface area contributed by atoms with Gasteiger partial charge in [-0.25, -0.2) is 5.48 Å². The Labute approximate surface area is 63.2 Å². The first-order chi connectivity index (χ1) is 4.77. The third kappa shape index (κ3) is 7.66. The Morgan fingerprint density at radius 1 is 1.60 bits per heavy atom. The Hall–Kier alpha value is -0.340. The molecule has 0 rings (SSSR count). The monoisotopic (exact) mass is 143 g/mol. The summed E-state index contributed by atoms with van der Waals surface area (Å²) in [5.41, 5.74) is 2.85. The molecule has 0 spiro atoms. The third-order valence-electron chi connectivity index (χ3n) is 0.969. The molecule has 0 aliphatic rings. The van der Waals surface area contributed by atoms with Gasteiger partial charge in [0.25, 0.3) is 0 Å². The zero-order valence-electron chi connectivity index (χ0n) is 6.89. The fraction of sp³-hybridized carbons (Fsp3) is 0.750. The first-order valence-corrected chi connectivity index (χ1v) is 3.73. The zero-order valence-corrected chi connectivity index (χ0v) is 6.89. The molecule has 0 bridgehead atoms. The molecule has 1 N–H and O–H groups in total. The molecule has 0 aliphatic heterocycles. The van der Waals surface area contributed by atoms with Crippen molar-refractivity contribution in [1.29, 1.82) is 0 Å². The van der Waals surface area contributed by atoms with Gasteiger partial charge in [-0.1, -0.05) is 19.9 Å². The van der Waals surface area contributed by atoms with Crippen LogP contribution in [-0.4, -0.2) is 13.2 Å². The Kier molecular flexibility index (Phi) is 6.55. The van der Waals surface area contributed by atoms with E-state index >= 15 is 0 Å². The number of rotatable bonds is 6. The number of hydrogen-bond donors (Lipinski definition) is 1. The minimum Gasteiger partial charge on any atom is -0.302 e. The topological polar surface area (TPSA) is 21.3 Å². The van der Waals surface area contributed by atoms with Crippen LogP contribution in [-0.2, 0) is 4.84 Å². The van der Waals surface area contributed by atoms with Crippen molar-refractivity contribution in [2.45, 2.75) is 20.3 Å². The molecule has 0 atom stereocenters. The highest BCUT2D eigenvalue weighted by atomic mass is 16.6. The summed E-state index contributed by atoms with van der Waals surface area (Å²) in [4.78, 5) is 5.10. The van der Waals surface area contributed by atoms with Gasteiger partial charge >= 0.3 is 0 Å². The molecule has 0 saturated heterocycles. The van der Waals surface area contributed by atoms with Crippen molar-refractivity contribution in [3.05, 3.63) is 12.7 Å². The zero-order chi connectivity index (χ0) is 7.82. The molecule has 60 valence electrons. The Bertz CT molecular complexity index is 81.3. The lowest BCUT2D eigenvalue weighted by Gasteiger charge is -2.05. The lowest BCUT2D eigenvalue weighted by Crippen LogP contribution is -2.18. The van der Waals surface area contributed by atoms with Crippen molar-refractivity contribution in [3.63, 3.8) is 0 Å². The van der Waals surface area contributed by atoms with Crippen LogP contribution in [0.15, 0.2) is 12.7 Å². The van der Waals surface area contributed by atoms with Crippen LogP contribution in [0.4, 0.5) is 0 Å². The van der Waals surface area contributed by atoms with Gasteiger partial charge in [0.1, 0.15) is 0 Å². The molecule has 0 aromatic heterocycles. The molecule has 0 aromatic carbocycles. The second-order valence-corrected chi connectivity index (χ2v) is 2.68. The van der Waals surface area contributed by atoms with Crippen LogP contribution >= 0.6 is 0 Å². The highest BCUT2D eigenvalue weighted by Gasteiger charge is 1.91. The maximum absolute atomic E-state index is 5.10. The van der Waals surface area contributed by atoms with Gasteiger partial charge in [-0.3, -0.25) is 0 Å². The fourth-order valence-electron chi connectivity index (χ4n) is 0.459. The van der Waals surface area contributed by atoms with Crippen LogP contribution in [0.25, 0.3) is 0 Å². The van der Waals surface area contributed by atoms with Gasteiger partial charge in [0.2, 0.25) is 0 Å². The van der Waals surface area contributed by atoms with E-state index in [2.05, 4.69) is 25.9 Å². The second kappa shape index (κ2) is 6.78. The lowest BCUT2D eigenvalue weighted by molar-refractivity contribution is 0.0250. The van der Waals surface area contributed by atoms with E-state index in [-0.39, 0.29) is 0 Å². The van der Waals surface area contributed by atoms with E-state index < -0.39 is 0 Å². The summed E-state index contributed by atoms with van der Waals surface area (Å²) in [5, 5.41) is 0. The van der Waals surface area contributed by atoms with Crippen LogP contribution in [0.2, 0.25) is 0 Å². The van der Waals surface area contributed by atoms with E-state index in [1.807, 2.05) is 6.08 Å². The van der Waals surface area contributed by atoms with Crippen LogP contribution < -0.4 is 5.48 Å². The predicted octanol–water partition coefficient (Wildman–Crippen LogP) is 1.74. The Morgan fingerprint density at radius 2 is 2.30 bits per heavy atom. The largest absolute Gasteiger partial charge is 0.302 e. The van der Waals surface area contributed by atoms with Gasteiger partial charge < -0.3 is 4.84 Å². The van der Waals surface area contributed by atoms with Crippen LogP contribution in [0.3, 0.4) is 0 Å². The van der Waals surface area contributed by atoms with Crippen molar-refractivity contribution >= 4 is 0 Å². The van der Waals surface area contributed by atoms with E-state index in [1.54, 1.807) is 0 Å². The summed E-state index contributed by atoms with van der Waals surface area (Å²) in [7, 11) is 0. The smallest absolute Gasteiger partial charge is 0.0705 e. The van der Waals surface area contributed by atoms with Gasteiger partial charge in [-0.05, 0) is 12.3 Å². The van der Waals surface area contributed by atoms with Crippen molar-refractivity contribution in [2.75, 3.05) is 13.2 Å². The molecule has 0 radical (unpaired) electrons. The fourth-order valence-corrected chi connectivity index (χ4v) is 0.459. The summed E-state index contributed by atoms with van der Waals surface area (Å²) in [5.74, 6) is 0.594. The maximum atomic E-state index is 5.10. The van der Waals surface area contributed by atoms with Crippen LogP contribution in [0, 0.1) is 5.92 Å². The van der Waals surface area contributed by atoms with Gasteiger partial charge in [0.15, 0.2) is 0 Å². The molecule has 10 heavy (non-hydrogen) atoms. The molecular weight excluding hydrogens is 126 g/mol. The number of nitrogens with one attached hydrogen (secondary N) is 1. The van der Waals surface area contributed by atoms with E-state index in [1.165, 1.54) is 0 Å². The van der Waals surface area contributed by atoms with Crippen molar-refractivity contribution in [3.8, 4) is 0 Å². The van der Waals surface area contributed by atoms with Crippen molar-refractivity contribution in [1.82, 2.24) is 5.48 Å². The average molecular weight is 143 g/mol. The highest BCUT2D eigenvalue weighted by Crippen LogP contribution is 1.89. The molecule has 0 saturated carbocycles. The summed E-state index contributed by atoms with van der Waals surface area (Å²) < 4.78 is 0. The Balaban J connectivity index is 2.83. The molecule has 0 aromatic rings. The van der Waals surface area contributed by atoms with Gasteiger partial charge in [0, 0.05) is 6.54 Å². The van der Waals surface area contributed by atoms with Crippen LogP contribution in [0.1, 0.15) is 20.3 Å². The first kappa shape index (κ1) is 9.66. The standard InChI is InChI=1S/C8H17NO/c1-4-5-6-9-10-7-8(2)3/h4,8-9H,1,5-7H2,2-3H3. The molecule has 0 aliphatic carbocycles. The van der Waals surface area contributed by atoms with Crippen molar-refractivity contribution in [2.24, 2.45) is 5.92 Å². The quantitative estimate of drug-likeness (QED) is 0.347. The summed E-state index contributed by atoms with van der Waals surface area (Å²) >= 11 is 0. The Morgan fingerprint density at radius 3 is 2.80 bits per heavy atom. The molecule has 0 heterocycles. The molecule has 2 heteroatoms. The normalized spacial score (nSPS) is 10.3. The van der Waals surface area contributed by atoms with Gasteiger partial charge in [0.05, 0.1) is 6.61 Å². The minimum atomic E-state index is 0.594. The van der Waals surface area contributed by atoms with E-state index in [0.717, 1.165) is 19.6 Å². The average Bonchev–Trinajstić information content (AvgIpc) is 1.87. The molecule has 2 nitrogen and oxygen atoms in total. The van der Waals surface area contributed by atoms with Crippen molar-refractivity contribution < 1.29 is 4.84 Å². The van der Waals surface area contributed by atoms with Gasteiger partial charge in [-0.2, -0.15) is 0 Å². The predicted molar refractivity (Wildman–Crippen MR) is 43.6 cm³/mol. The SMILES string of the molecule is C=CCCNOCC(C)C. The van der Waals surface area contributed by atoms with Gasteiger partial charge in [-0.15, -0.1) is 6.58 Å². The molecule has 0 amide bonds. The van der Waals surface area contributed by atoms with E-state index in [0.29, 0.717) is 5.92 Å². The van der Waals surface area contributed by atoms with E-state index in [4.69, 9.17) is 4.84 Å². The highest BCUT2D eigenvalue weighted by molar-refractivity contribution is 4.65. The lowest BCUT2D eigenvalue weighted by atomic mass is 10.2. The molecule has 0 fully saturated rings. The minimum absolute atomic E-state index is 0.594. The number of hydrogen-bond acceptors (Lipinski definition) is 2.